The normalized spacial score (nSPS) is 10.3. The number of thioether (sulfide) groups is 1. The van der Waals surface area contributed by atoms with Crippen LogP contribution in [0.4, 0.5) is 5.82 Å². The van der Waals surface area contributed by atoms with Gasteiger partial charge in [-0.3, -0.25) is 4.79 Å². The fourth-order valence-corrected chi connectivity index (χ4v) is 2.33. The molecule has 0 aliphatic rings. The van der Waals surface area contributed by atoms with Crippen LogP contribution in [0.1, 0.15) is 37.0 Å². The van der Waals surface area contributed by atoms with Gasteiger partial charge in [0, 0.05) is 19.8 Å². The molecular weight excluding hydrogens is 304 g/mol. The number of aromatic nitrogens is 2. The van der Waals surface area contributed by atoms with Gasteiger partial charge in [0.15, 0.2) is 5.16 Å². The molecule has 0 atom stereocenters. The molecule has 1 heterocycles. The third-order valence-corrected chi connectivity index (χ3v) is 3.74. The van der Waals surface area contributed by atoms with Crippen molar-refractivity contribution in [3.8, 4) is 0 Å². The van der Waals surface area contributed by atoms with E-state index in [9.17, 15) is 9.59 Å². The van der Waals surface area contributed by atoms with Crippen LogP contribution in [0.3, 0.4) is 0 Å². The zero-order valence-corrected chi connectivity index (χ0v) is 14.0. The lowest BCUT2D eigenvalue weighted by molar-refractivity contribution is -0.127. The lowest BCUT2D eigenvalue weighted by Crippen LogP contribution is -2.29. The Morgan fingerprint density at radius 1 is 1.41 bits per heavy atom. The Labute approximate surface area is 134 Å². The Kier molecular flexibility index (Phi) is 7.65. The molecule has 122 valence electrons. The summed E-state index contributed by atoms with van der Waals surface area (Å²) in [6.45, 7) is 4.78. The number of nitrogens with two attached hydrogens (primary N) is 1. The third kappa shape index (κ3) is 5.51. The quantitative estimate of drug-likeness (QED) is 0.440. The first-order valence-electron chi connectivity index (χ1n) is 7.16. The van der Waals surface area contributed by atoms with E-state index in [1.165, 1.54) is 18.0 Å². The number of esters is 1. The number of hydrogen-bond acceptors (Lipinski definition) is 7. The molecule has 8 heteroatoms. The van der Waals surface area contributed by atoms with Crippen LogP contribution in [-0.4, -0.2) is 52.7 Å². The van der Waals surface area contributed by atoms with Crippen molar-refractivity contribution < 1.29 is 14.3 Å². The lowest BCUT2D eigenvalue weighted by atomic mass is 10.3. The second kappa shape index (κ2) is 9.24. The van der Waals surface area contributed by atoms with Crippen LogP contribution in [-0.2, 0) is 9.53 Å². The number of ether oxygens (including phenoxy) is 1. The van der Waals surface area contributed by atoms with Crippen molar-refractivity contribution in [2.75, 3.05) is 31.7 Å². The van der Waals surface area contributed by atoms with Gasteiger partial charge in [-0.05, 0) is 13.3 Å². The molecule has 2 N–H and O–H groups in total. The first-order chi connectivity index (χ1) is 10.5. The van der Waals surface area contributed by atoms with Crippen molar-refractivity contribution in [3.63, 3.8) is 0 Å². The summed E-state index contributed by atoms with van der Waals surface area (Å²) in [4.78, 5) is 33.2. The van der Waals surface area contributed by atoms with Crippen LogP contribution >= 0.6 is 11.8 Å². The van der Waals surface area contributed by atoms with Gasteiger partial charge in [-0.1, -0.05) is 25.1 Å². The highest BCUT2D eigenvalue weighted by Crippen LogP contribution is 2.17. The molecule has 0 spiro atoms. The highest BCUT2D eigenvalue weighted by Gasteiger charge is 2.15. The fourth-order valence-electron chi connectivity index (χ4n) is 1.57. The number of nitrogen functional groups attached to an aromatic ring is 1. The molecular formula is C14H22N4O3S. The number of rotatable bonds is 8. The number of amides is 1. The summed E-state index contributed by atoms with van der Waals surface area (Å²) in [5.41, 5.74) is 5.86. The number of nitrogens with zero attached hydrogens (tertiary/aromatic N) is 3. The van der Waals surface area contributed by atoms with Crippen molar-refractivity contribution in [1.29, 1.82) is 0 Å². The lowest BCUT2D eigenvalue weighted by Gasteiger charge is -2.16. The van der Waals surface area contributed by atoms with Crippen LogP contribution in [0, 0.1) is 0 Å². The van der Waals surface area contributed by atoms with Crippen molar-refractivity contribution >= 4 is 29.5 Å². The van der Waals surface area contributed by atoms with E-state index >= 15 is 0 Å². The minimum Gasteiger partial charge on any atom is -0.462 e. The van der Waals surface area contributed by atoms with Gasteiger partial charge in [-0.15, -0.1) is 0 Å². The van der Waals surface area contributed by atoms with E-state index in [2.05, 4.69) is 16.9 Å². The topological polar surface area (TPSA) is 98.4 Å². The van der Waals surface area contributed by atoms with Crippen molar-refractivity contribution in [2.45, 2.75) is 31.8 Å². The summed E-state index contributed by atoms with van der Waals surface area (Å²) in [6.07, 6.45) is 3.35. The van der Waals surface area contributed by atoms with E-state index in [0.717, 1.165) is 19.4 Å². The molecule has 0 aliphatic carbocycles. The molecule has 0 fully saturated rings. The zero-order valence-electron chi connectivity index (χ0n) is 13.2. The maximum Gasteiger partial charge on any atom is 0.343 e. The maximum atomic E-state index is 11.9. The molecule has 0 radical (unpaired) electrons. The minimum atomic E-state index is -0.549. The van der Waals surface area contributed by atoms with E-state index in [4.69, 9.17) is 10.5 Å². The first-order valence-corrected chi connectivity index (χ1v) is 8.14. The average molecular weight is 326 g/mol. The van der Waals surface area contributed by atoms with E-state index in [-0.39, 0.29) is 29.6 Å². The van der Waals surface area contributed by atoms with Gasteiger partial charge in [0.05, 0.1) is 12.4 Å². The van der Waals surface area contributed by atoms with E-state index < -0.39 is 5.97 Å². The zero-order chi connectivity index (χ0) is 16.5. The monoisotopic (exact) mass is 326 g/mol. The van der Waals surface area contributed by atoms with Crippen LogP contribution in [0.15, 0.2) is 11.4 Å². The molecule has 0 saturated carbocycles. The Morgan fingerprint density at radius 2 is 2.14 bits per heavy atom. The largest absolute Gasteiger partial charge is 0.462 e. The van der Waals surface area contributed by atoms with Crippen molar-refractivity contribution in [2.24, 2.45) is 0 Å². The maximum absolute atomic E-state index is 11.9. The summed E-state index contributed by atoms with van der Waals surface area (Å²) in [5.74, 6) is -0.247. The van der Waals surface area contributed by atoms with E-state index in [0.29, 0.717) is 5.16 Å². The molecule has 22 heavy (non-hydrogen) atoms. The summed E-state index contributed by atoms with van der Waals surface area (Å²) < 4.78 is 4.85. The highest BCUT2D eigenvalue weighted by molar-refractivity contribution is 7.99. The Bertz CT molecular complexity index is 525. The number of hydrogen-bond donors (Lipinski definition) is 1. The van der Waals surface area contributed by atoms with Crippen LogP contribution in [0.25, 0.3) is 0 Å². The van der Waals surface area contributed by atoms with Crippen molar-refractivity contribution in [1.82, 2.24) is 14.9 Å². The second-order valence-electron chi connectivity index (χ2n) is 4.63. The molecule has 1 rings (SSSR count). The van der Waals surface area contributed by atoms with E-state index in [1.54, 1.807) is 18.9 Å². The molecule has 1 aromatic heterocycles. The van der Waals surface area contributed by atoms with Gasteiger partial charge in [0.2, 0.25) is 5.91 Å². The molecule has 1 aromatic rings. The number of carbonyl (C=O) groups is 2. The second-order valence-corrected chi connectivity index (χ2v) is 5.57. The molecule has 0 unspecified atom stereocenters. The van der Waals surface area contributed by atoms with Gasteiger partial charge in [-0.25, -0.2) is 14.8 Å². The Hall–Kier alpha value is -1.83. The molecule has 0 aromatic carbocycles. The summed E-state index contributed by atoms with van der Waals surface area (Å²) in [7, 11) is 1.78. The Morgan fingerprint density at radius 3 is 2.73 bits per heavy atom. The van der Waals surface area contributed by atoms with Gasteiger partial charge >= 0.3 is 5.97 Å². The molecule has 0 aliphatic heterocycles. The molecule has 7 nitrogen and oxygen atoms in total. The molecule has 0 saturated heterocycles. The van der Waals surface area contributed by atoms with Gasteiger partial charge in [-0.2, -0.15) is 0 Å². The Balaban J connectivity index is 2.59. The van der Waals surface area contributed by atoms with Crippen molar-refractivity contribution in [3.05, 3.63) is 11.8 Å². The van der Waals surface area contributed by atoms with E-state index in [1.807, 2.05) is 0 Å². The van der Waals surface area contributed by atoms with Gasteiger partial charge in [0.25, 0.3) is 0 Å². The van der Waals surface area contributed by atoms with Gasteiger partial charge in [0.1, 0.15) is 11.4 Å². The van der Waals surface area contributed by atoms with Crippen LogP contribution in [0.2, 0.25) is 0 Å². The predicted octanol–water partition coefficient (Wildman–Crippen LogP) is 1.59. The molecule has 0 bridgehead atoms. The standard InChI is InChI=1S/C14H22N4O3S/c1-4-6-7-18(3)11(19)9-22-14-16-8-10(12(15)17-14)13(20)21-5-2/h8H,4-7,9H2,1-3H3,(H2,15,16,17). The first kappa shape index (κ1) is 18.2. The van der Waals surface area contributed by atoms with Crippen LogP contribution < -0.4 is 5.73 Å². The summed E-state index contributed by atoms with van der Waals surface area (Å²) >= 11 is 1.19. The number of unbranched alkanes of at least 4 members (excludes halogenated alkanes) is 1. The molecule has 1 amide bonds. The van der Waals surface area contributed by atoms with Gasteiger partial charge < -0.3 is 15.4 Å². The minimum absolute atomic E-state index is 0.00934. The summed E-state index contributed by atoms with van der Waals surface area (Å²) in [5, 5.41) is 0.364. The average Bonchev–Trinajstić information content (AvgIpc) is 2.50. The fraction of sp³-hybridized carbons (Fsp3) is 0.571. The summed E-state index contributed by atoms with van der Waals surface area (Å²) in [6, 6.07) is 0. The highest BCUT2D eigenvalue weighted by atomic mass is 32.2. The predicted molar refractivity (Wildman–Crippen MR) is 85.7 cm³/mol. The van der Waals surface area contributed by atoms with Crippen LogP contribution in [0.5, 0.6) is 0 Å². The number of carbonyl (C=O) groups excluding carboxylic acids is 2. The smallest absolute Gasteiger partial charge is 0.343 e. The number of anilines is 1. The third-order valence-electron chi connectivity index (χ3n) is 2.89. The SMILES string of the molecule is CCCCN(C)C(=O)CSc1ncc(C(=O)OCC)c(N)n1.